The van der Waals surface area contributed by atoms with Gasteiger partial charge in [0.15, 0.2) is 0 Å². The second-order valence-corrected chi connectivity index (χ2v) is 8.17. The SMILES string of the molecule is C/C=C(\C=NC)c1ccc(NC(=O)CN2CCCC(C=O)=C2C(=O)N(C)C2CC2)c(C)n1. The van der Waals surface area contributed by atoms with Gasteiger partial charge >= 0.3 is 0 Å². The van der Waals surface area contributed by atoms with E-state index in [1.165, 1.54) is 0 Å². The van der Waals surface area contributed by atoms with Crippen LogP contribution < -0.4 is 5.32 Å². The van der Waals surface area contributed by atoms with Gasteiger partial charge in [-0.1, -0.05) is 6.08 Å². The Morgan fingerprint density at radius 1 is 1.34 bits per heavy atom. The van der Waals surface area contributed by atoms with Crippen LogP contribution in [0.15, 0.2) is 34.5 Å². The van der Waals surface area contributed by atoms with Gasteiger partial charge in [0, 0.05) is 44.0 Å². The summed E-state index contributed by atoms with van der Waals surface area (Å²) in [6, 6.07) is 3.88. The van der Waals surface area contributed by atoms with E-state index in [4.69, 9.17) is 0 Å². The maximum Gasteiger partial charge on any atom is 0.270 e. The van der Waals surface area contributed by atoms with Crippen molar-refractivity contribution in [2.75, 3.05) is 32.5 Å². The molecule has 0 saturated heterocycles. The summed E-state index contributed by atoms with van der Waals surface area (Å²) in [5, 5.41) is 2.90. The summed E-state index contributed by atoms with van der Waals surface area (Å²) in [4.78, 5) is 49.6. The normalized spacial score (nSPS) is 17.0. The van der Waals surface area contributed by atoms with Crippen molar-refractivity contribution in [3.63, 3.8) is 0 Å². The van der Waals surface area contributed by atoms with Gasteiger partial charge in [0.25, 0.3) is 5.91 Å². The molecule has 170 valence electrons. The molecule has 8 nitrogen and oxygen atoms in total. The Labute approximate surface area is 189 Å². The van der Waals surface area contributed by atoms with Crippen LogP contribution in [0.1, 0.15) is 44.0 Å². The second-order valence-electron chi connectivity index (χ2n) is 8.17. The second kappa shape index (κ2) is 10.3. The summed E-state index contributed by atoms with van der Waals surface area (Å²) in [5.74, 6) is -0.434. The number of carbonyl (C=O) groups excluding carboxylic acids is 3. The topological polar surface area (TPSA) is 95.0 Å². The van der Waals surface area contributed by atoms with E-state index in [-0.39, 0.29) is 24.4 Å². The number of carbonyl (C=O) groups is 3. The number of rotatable bonds is 8. The van der Waals surface area contributed by atoms with Crippen molar-refractivity contribution in [3.8, 4) is 0 Å². The van der Waals surface area contributed by atoms with E-state index in [0.717, 1.165) is 36.8 Å². The molecule has 1 aromatic heterocycles. The summed E-state index contributed by atoms with van der Waals surface area (Å²) in [6.45, 7) is 4.31. The maximum atomic E-state index is 13.0. The average Bonchev–Trinajstić information content (AvgIpc) is 3.63. The first-order valence-corrected chi connectivity index (χ1v) is 11.0. The molecule has 2 amide bonds. The van der Waals surface area contributed by atoms with Crippen molar-refractivity contribution in [1.29, 1.82) is 0 Å². The van der Waals surface area contributed by atoms with Gasteiger partial charge < -0.3 is 15.1 Å². The molecule has 2 heterocycles. The van der Waals surface area contributed by atoms with Crippen molar-refractivity contribution in [3.05, 3.63) is 40.9 Å². The molecule has 0 radical (unpaired) electrons. The number of nitrogens with zero attached hydrogens (tertiary/aromatic N) is 4. The van der Waals surface area contributed by atoms with Crippen LogP contribution in [0.4, 0.5) is 5.69 Å². The third kappa shape index (κ3) is 5.30. The highest BCUT2D eigenvalue weighted by molar-refractivity contribution is 6.09. The van der Waals surface area contributed by atoms with Crippen molar-refractivity contribution >= 4 is 35.6 Å². The predicted molar refractivity (Wildman–Crippen MR) is 125 cm³/mol. The standard InChI is InChI=1S/C24H31N5O3/c1-5-17(13-25-3)21-11-10-20(16(2)26-21)27-22(31)14-29-12-6-7-18(15-30)23(29)24(32)28(4)19-8-9-19/h5,10-11,13,15,19H,6-9,12,14H2,1-4H3,(H,27,31)/b17-5+,25-13?. The number of pyridine rings is 1. The van der Waals surface area contributed by atoms with Crippen molar-refractivity contribution in [2.24, 2.45) is 4.99 Å². The third-order valence-electron chi connectivity index (χ3n) is 5.82. The Kier molecular flexibility index (Phi) is 7.56. The van der Waals surface area contributed by atoms with E-state index in [0.29, 0.717) is 35.6 Å². The van der Waals surface area contributed by atoms with Crippen LogP contribution in [0.25, 0.3) is 5.57 Å². The molecule has 2 aliphatic rings. The first-order chi connectivity index (χ1) is 15.4. The monoisotopic (exact) mass is 437 g/mol. The van der Waals surface area contributed by atoms with Gasteiger partial charge in [-0.25, -0.2) is 0 Å². The quantitative estimate of drug-likeness (QED) is 0.498. The lowest BCUT2D eigenvalue weighted by Gasteiger charge is -2.33. The highest BCUT2D eigenvalue weighted by atomic mass is 16.2. The lowest BCUT2D eigenvalue weighted by Crippen LogP contribution is -2.43. The van der Waals surface area contributed by atoms with Gasteiger partial charge in [-0.05, 0) is 51.7 Å². The van der Waals surface area contributed by atoms with E-state index in [9.17, 15) is 14.4 Å². The molecule has 0 bridgehead atoms. The van der Waals surface area contributed by atoms with E-state index >= 15 is 0 Å². The van der Waals surface area contributed by atoms with E-state index in [1.807, 2.05) is 32.1 Å². The van der Waals surface area contributed by atoms with Crippen LogP contribution >= 0.6 is 0 Å². The van der Waals surface area contributed by atoms with Gasteiger partial charge in [-0.2, -0.15) is 0 Å². The molecule has 32 heavy (non-hydrogen) atoms. The fraction of sp³-hybridized carbons (Fsp3) is 0.458. The molecule has 0 aromatic carbocycles. The van der Waals surface area contributed by atoms with Gasteiger partial charge in [0.05, 0.1) is 23.6 Å². The molecule has 8 heteroatoms. The molecule has 1 aliphatic carbocycles. The number of likely N-dealkylation sites (N-methyl/N-ethyl adjacent to an activating group) is 1. The summed E-state index contributed by atoms with van der Waals surface area (Å²) < 4.78 is 0. The lowest BCUT2D eigenvalue weighted by atomic mass is 10.0. The zero-order chi connectivity index (χ0) is 23.3. The Bertz CT molecular complexity index is 991. The van der Waals surface area contributed by atoms with Crippen molar-refractivity contribution in [2.45, 2.75) is 45.6 Å². The summed E-state index contributed by atoms with van der Waals surface area (Å²) in [7, 11) is 3.47. The van der Waals surface area contributed by atoms with Crippen molar-refractivity contribution < 1.29 is 14.4 Å². The molecule has 3 rings (SSSR count). The number of aliphatic imine (C=N–C) groups is 1. The van der Waals surface area contributed by atoms with Gasteiger partial charge in [-0.15, -0.1) is 0 Å². The van der Waals surface area contributed by atoms with Gasteiger partial charge in [0.2, 0.25) is 5.91 Å². The smallest absolute Gasteiger partial charge is 0.270 e. The summed E-state index contributed by atoms with van der Waals surface area (Å²) in [5.41, 5.74) is 3.81. The molecule has 1 aromatic rings. The number of nitrogens with one attached hydrogen (secondary N) is 1. The molecule has 1 fully saturated rings. The minimum Gasteiger partial charge on any atom is -0.357 e. The number of anilines is 1. The first kappa shape index (κ1) is 23.4. The number of amides is 2. The Morgan fingerprint density at radius 2 is 2.09 bits per heavy atom. The largest absolute Gasteiger partial charge is 0.357 e. The fourth-order valence-electron chi connectivity index (χ4n) is 3.88. The van der Waals surface area contributed by atoms with Crippen LogP contribution in [-0.2, 0) is 14.4 Å². The molecular formula is C24H31N5O3. The maximum absolute atomic E-state index is 13.0. The molecule has 1 aliphatic heterocycles. The lowest BCUT2D eigenvalue weighted by molar-refractivity contribution is -0.129. The van der Waals surface area contributed by atoms with Crippen LogP contribution in [-0.4, -0.2) is 72.3 Å². The molecule has 1 saturated carbocycles. The van der Waals surface area contributed by atoms with Crippen LogP contribution in [0.5, 0.6) is 0 Å². The summed E-state index contributed by atoms with van der Waals surface area (Å²) in [6.07, 6.45) is 7.67. The number of aryl methyl sites for hydroxylation is 1. The molecule has 0 spiro atoms. The zero-order valence-corrected chi connectivity index (χ0v) is 19.2. The van der Waals surface area contributed by atoms with Crippen LogP contribution in [0, 0.1) is 6.92 Å². The molecule has 0 unspecified atom stereocenters. The number of aldehydes is 1. The molecule has 1 N–H and O–H groups in total. The van der Waals surface area contributed by atoms with Gasteiger partial charge in [0.1, 0.15) is 12.0 Å². The molecule has 0 atom stereocenters. The third-order valence-corrected chi connectivity index (χ3v) is 5.82. The Morgan fingerprint density at radius 3 is 2.69 bits per heavy atom. The van der Waals surface area contributed by atoms with E-state index in [1.54, 1.807) is 30.1 Å². The van der Waals surface area contributed by atoms with E-state index < -0.39 is 0 Å². The Hall–Kier alpha value is -3.29. The minimum absolute atomic E-state index is 0.000711. The fourth-order valence-corrected chi connectivity index (χ4v) is 3.88. The summed E-state index contributed by atoms with van der Waals surface area (Å²) >= 11 is 0. The van der Waals surface area contributed by atoms with Crippen molar-refractivity contribution in [1.82, 2.24) is 14.8 Å². The number of hydrogen-bond donors (Lipinski definition) is 1. The highest BCUT2D eigenvalue weighted by Crippen LogP contribution is 2.30. The number of hydrogen-bond acceptors (Lipinski definition) is 6. The van der Waals surface area contributed by atoms with E-state index in [2.05, 4.69) is 15.3 Å². The first-order valence-electron chi connectivity index (χ1n) is 11.0. The van der Waals surface area contributed by atoms with Crippen LogP contribution in [0.2, 0.25) is 0 Å². The Balaban J connectivity index is 1.74. The zero-order valence-electron chi connectivity index (χ0n) is 19.2. The average molecular weight is 438 g/mol. The van der Waals surface area contributed by atoms with Gasteiger partial charge in [-0.3, -0.25) is 24.4 Å². The number of aromatic nitrogens is 1. The number of allylic oxidation sites excluding steroid dienone is 3. The predicted octanol–water partition coefficient (Wildman–Crippen LogP) is 2.60. The van der Waals surface area contributed by atoms with Crippen LogP contribution in [0.3, 0.4) is 0 Å². The highest BCUT2D eigenvalue weighted by Gasteiger charge is 2.35. The minimum atomic E-state index is -0.254. The molecular weight excluding hydrogens is 406 g/mol.